The molecule has 14 heavy (non-hydrogen) atoms. The first-order chi connectivity index (χ1) is 6.56. The number of imide groups is 1. The number of amides is 3. The van der Waals surface area contributed by atoms with Crippen molar-refractivity contribution in [3.63, 3.8) is 0 Å². The minimum atomic E-state index is -0.279. The maximum atomic E-state index is 11.5. The summed E-state index contributed by atoms with van der Waals surface area (Å²) >= 11 is 0. The van der Waals surface area contributed by atoms with Gasteiger partial charge in [-0.3, -0.25) is 14.5 Å². The summed E-state index contributed by atoms with van der Waals surface area (Å²) in [5, 5.41) is 0. The van der Waals surface area contributed by atoms with E-state index in [0.29, 0.717) is 6.54 Å². The van der Waals surface area contributed by atoms with Crippen molar-refractivity contribution < 1.29 is 14.4 Å². The van der Waals surface area contributed by atoms with Crippen LogP contribution in [-0.4, -0.2) is 47.2 Å². The van der Waals surface area contributed by atoms with Gasteiger partial charge in [-0.15, -0.1) is 0 Å². The molecular formula is C9H14N2O3. The lowest BCUT2D eigenvalue weighted by atomic mass is 10.3. The van der Waals surface area contributed by atoms with E-state index in [1.54, 1.807) is 0 Å². The summed E-state index contributed by atoms with van der Waals surface area (Å²) in [7, 11) is 0. The summed E-state index contributed by atoms with van der Waals surface area (Å²) in [5.41, 5.74) is 0. The van der Waals surface area contributed by atoms with Gasteiger partial charge in [-0.05, 0) is 13.8 Å². The lowest BCUT2D eigenvalue weighted by Gasteiger charge is -2.14. The Bertz CT molecular complexity index is 275. The number of nitrogens with zero attached hydrogens (tertiary/aromatic N) is 2. The number of rotatable bonds is 4. The average Bonchev–Trinajstić information content (AvgIpc) is 2.39. The predicted molar refractivity (Wildman–Crippen MR) is 49.7 cm³/mol. The third kappa shape index (κ3) is 2.10. The molecule has 78 valence electrons. The fourth-order valence-electron chi connectivity index (χ4n) is 1.33. The maximum absolute atomic E-state index is 11.5. The summed E-state index contributed by atoms with van der Waals surface area (Å²) in [6, 6.07) is -0.279. The molecule has 1 rings (SSSR count). The molecule has 3 amide bonds. The van der Waals surface area contributed by atoms with Gasteiger partial charge in [0, 0.05) is 19.5 Å². The van der Waals surface area contributed by atoms with Gasteiger partial charge in [0.2, 0.25) is 5.91 Å². The lowest BCUT2D eigenvalue weighted by molar-refractivity contribution is -0.125. The molecule has 1 fully saturated rings. The van der Waals surface area contributed by atoms with Crippen molar-refractivity contribution in [1.29, 1.82) is 0 Å². The molecule has 0 radical (unpaired) electrons. The Labute approximate surface area is 82.7 Å². The second-order valence-electron chi connectivity index (χ2n) is 3.29. The molecular weight excluding hydrogens is 184 g/mol. The van der Waals surface area contributed by atoms with Gasteiger partial charge in [0.25, 0.3) is 0 Å². The van der Waals surface area contributed by atoms with Crippen LogP contribution in [0, 0.1) is 0 Å². The third-order valence-electron chi connectivity index (χ3n) is 2.20. The van der Waals surface area contributed by atoms with Gasteiger partial charge in [0.15, 0.2) is 0 Å². The van der Waals surface area contributed by atoms with E-state index in [2.05, 4.69) is 0 Å². The summed E-state index contributed by atoms with van der Waals surface area (Å²) in [4.78, 5) is 36.1. The Morgan fingerprint density at radius 3 is 2.50 bits per heavy atom. The molecule has 0 aromatic rings. The van der Waals surface area contributed by atoms with Crippen molar-refractivity contribution in [1.82, 2.24) is 9.80 Å². The van der Waals surface area contributed by atoms with Crippen molar-refractivity contribution in [2.45, 2.75) is 20.3 Å². The Morgan fingerprint density at radius 2 is 2.07 bits per heavy atom. The number of Topliss-reactive ketones (excluding diaryl/α,β-unsaturated/α-hetero) is 1. The van der Waals surface area contributed by atoms with Crippen LogP contribution in [0.4, 0.5) is 4.79 Å². The van der Waals surface area contributed by atoms with E-state index >= 15 is 0 Å². The monoisotopic (exact) mass is 198 g/mol. The topological polar surface area (TPSA) is 57.7 Å². The van der Waals surface area contributed by atoms with E-state index in [4.69, 9.17) is 0 Å². The van der Waals surface area contributed by atoms with Crippen molar-refractivity contribution >= 4 is 17.7 Å². The summed E-state index contributed by atoms with van der Waals surface area (Å²) < 4.78 is 0. The average molecular weight is 198 g/mol. The predicted octanol–water partition coefficient (Wildman–Crippen LogP) is 0.250. The number of likely N-dealkylation sites (N-methyl/N-ethyl adjacent to an activating group) is 1. The van der Waals surface area contributed by atoms with Crippen LogP contribution in [0.1, 0.15) is 20.3 Å². The summed E-state index contributed by atoms with van der Waals surface area (Å²) in [6.45, 7) is 4.15. The highest BCUT2D eigenvalue weighted by molar-refractivity contribution is 6.02. The minimum absolute atomic E-state index is 0.0134. The Kier molecular flexibility index (Phi) is 3.22. The molecule has 1 saturated heterocycles. The number of carbonyl (C=O) groups excluding carboxylic acids is 3. The van der Waals surface area contributed by atoms with E-state index < -0.39 is 0 Å². The largest absolute Gasteiger partial charge is 0.327 e. The molecule has 0 aromatic heterocycles. The van der Waals surface area contributed by atoms with E-state index in [1.165, 1.54) is 11.8 Å². The maximum Gasteiger partial charge on any atom is 0.327 e. The zero-order valence-corrected chi connectivity index (χ0v) is 8.45. The van der Waals surface area contributed by atoms with E-state index in [-0.39, 0.29) is 37.2 Å². The van der Waals surface area contributed by atoms with E-state index in [0.717, 1.165) is 4.90 Å². The van der Waals surface area contributed by atoms with Gasteiger partial charge in [-0.25, -0.2) is 4.79 Å². The van der Waals surface area contributed by atoms with Crippen LogP contribution in [0.2, 0.25) is 0 Å². The molecule has 1 heterocycles. The second-order valence-corrected chi connectivity index (χ2v) is 3.29. The highest BCUT2D eigenvalue weighted by Crippen LogP contribution is 2.09. The highest BCUT2D eigenvalue weighted by Gasteiger charge is 2.34. The molecule has 0 aliphatic carbocycles. The van der Waals surface area contributed by atoms with Gasteiger partial charge in [0.05, 0.1) is 0 Å². The first kappa shape index (κ1) is 10.7. The molecule has 1 aliphatic heterocycles. The number of ketones is 1. The van der Waals surface area contributed by atoms with Crippen LogP contribution in [-0.2, 0) is 9.59 Å². The highest BCUT2D eigenvalue weighted by atomic mass is 16.2. The quantitative estimate of drug-likeness (QED) is 0.608. The van der Waals surface area contributed by atoms with Crippen molar-refractivity contribution in [3.8, 4) is 0 Å². The standard InChI is InChI=1S/C9H14N2O3/c1-3-10-6-8(13)11(9(10)14)5-4-7(2)12/h3-6H2,1-2H3. The normalized spacial score (nSPS) is 16.7. The van der Waals surface area contributed by atoms with E-state index in [9.17, 15) is 14.4 Å². The first-order valence-electron chi connectivity index (χ1n) is 4.65. The van der Waals surface area contributed by atoms with Gasteiger partial charge < -0.3 is 4.90 Å². The van der Waals surface area contributed by atoms with Crippen molar-refractivity contribution in [2.24, 2.45) is 0 Å². The summed E-state index contributed by atoms with van der Waals surface area (Å²) in [6.07, 6.45) is 0.245. The molecule has 0 bridgehead atoms. The lowest BCUT2D eigenvalue weighted by Crippen LogP contribution is -2.34. The van der Waals surface area contributed by atoms with Gasteiger partial charge >= 0.3 is 6.03 Å². The smallest absolute Gasteiger partial charge is 0.315 e. The minimum Gasteiger partial charge on any atom is -0.315 e. The fraction of sp³-hybridized carbons (Fsp3) is 0.667. The molecule has 0 saturated carbocycles. The van der Waals surface area contributed by atoms with Crippen molar-refractivity contribution in [2.75, 3.05) is 19.6 Å². The third-order valence-corrected chi connectivity index (χ3v) is 2.20. The number of hydrogen-bond donors (Lipinski definition) is 0. The number of carbonyl (C=O) groups is 3. The SMILES string of the molecule is CCN1CC(=O)N(CCC(C)=O)C1=O. The molecule has 5 heteroatoms. The Balaban J connectivity index is 2.56. The Hall–Kier alpha value is -1.39. The number of urea groups is 1. The molecule has 0 spiro atoms. The second kappa shape index (κ2) is 4.21. The molecule has 0 atom stereocenters. The molecule has 5 nitrogen and oxygen atoms in total. The molecule has 1 aliphatic rings. The molecule has 0 aromatic carbocycles. The van der Waals surface area contributed by atoms with Gasteiger partial charge in [-0.1, -0.05) is 0 Å². The van der Waals surface area contributed by atoms with Gasteiger partial charge in [0.1, 0.15) is 12.3 Å². The van der Waals surface area contributed by atoms with Crippen LogP contribution < -0.4 is 0 Å². The zero-order valence-electron chi connectivity index (χ0n) is 8.45. The van der Waals surface area contributed by atoms with Crippen LogP contribution in [0.5, 0.6) is 0 Å². The van der Waals surface area contributed by atoms with Crippen molar-refractivity contribution in [3.05, 3.63) is 0 Å². The fourth-order valence-corrected chi connectivity index (χ4v) is 1.33. The summed E-state index contributed by atoms with van der Waals surface area (Å²) in [5.74, 6) is -0.223. The van der Waals surface area contributed by atoms with Crippen LogP contribution in [0.15, 0.2) is 0 Å². The molecule has 0 N–H and O–H groups in total. The Morgan fingerprint density at radius 1 is 1.43 bits per heavy atom. The van der Waals surface area contributed by atoms with E-state index in [1.807, 2.05) is 6.92 Å². The zero-order chi connectivity index (χ0) is 10.7. The first-order valence-corrected chi connectivity index (χ1v) is 4.65. The van der Waals surface area contributed by atoms with Gasteiger partial charge in [-0.2, -0.15) is 0 Å². The number of hydrogen-bond acceptors (Lipinski definition) is 3. The van der Waals surface area contributed by atoms with Crippen LogP contribution in [0.3, 0.4) is 0 Å². The van der Waals surface area contributed by atoms with Crippen LogP contribution in [0.25, 0.3) is 0 Å². The molecule has 0 unspecified atom stereocenters. The van der Waals surface area contributed by atoms with Crippen LogP contribution >= 0.6 is 0 Å².